The standard InChI is InChI=1S/C22H22N4O2/c1-15-9-11-19(12-10-15)21(27)24-23-14-20-13-16(2)26(17(20)3)25-22(28)18-7-5-4-6-8-18/h4-14H,1-3H3,(H,24,27)(H,25,28)/b23-14-. The van der Waals surface area contributed by atoms with Gasteiger partial charge < -0.3 is 0 Å². The van der Waals surface area contributed by atoms with Gasteiger partial charge in [-0.15, -0.1) is 0 Å². The molecule has 6 heteroatoms. The largest absolute Gasteiger partial charge is 0.271 e. The third-order valence-electron chi connectivity index (χ3n) is 4.40. The highest BCUT2D eigenvalue weighted by Crippen LogP contribution is 2.12. The molecule has 3 aromatic rings. The van der Waals surface area contributed by atoms with Gasteiger partial charge in [-0.2, -0.15) is 5.10 Å². The van der Waals surface area contributed by atoms with E-state index in [4.69, 9.17) is 0 Å². The molecule has 0 saturated heterocycles. The summed E-state index contributed by atoms with van der Waals surface area (Å²) >= 11 is 0. The minimum absolute atomic E-state index is 0.196. The Morgan fingerprint density at radius 2 is 1.54 bits per heavy atom. The van der Waals surface area contributed by atoms with Gasteiger partial charge in [0.2, 0.25) is 0 Å². The second kappa shape index (κ2) is 8.35. The van der Waals surface area contributed by atoms with Crippen LogP contribution in [0.3, 0.4) is 0 Å². The van der Waals surface area contributed by atoms with Crippen molar-refractivity contribution in [2.24, 2.45) is 5.10 Å². The lowest BCUT2D eigenvalue weighted by Gasteiger charge is -2.11. The molecule has 2 aromatic carbocycles. The van der Waals surface area contributed by atoms with E-state index in [1.807, 2.05) is 57.2 Å². The van der Waals surface area contributed by atoms with E-state index in [2.05, 4.69) is 16.0 Å². The van der Waals surface area contributed by atoms with E-state index in [1.54, 1.807) is 35.2 Å². The van der Waals surface area contributed by atoms with Crippen molar-refractivity contribution in [3.05, 3.63) is 94.3 Å². The molecule has 6 nitrogen and oxygen atoms in total. The van der Waals surface area contributed by atoms with Gasteiger partial charge in [-0.3, -0.25) is 19.7 Å². The van der Waals surface area contributed by atoms with Crippen LogP contribution in [0.4, 0.5) is 0 Å². The summed E-state index contributed by atoms with van der Waals surface area (Å²) in [4.78, 5) is 24.5. The Morgan fingerprint density at radius 1 is 0.893 bits per heavy atom. The number of benzene rings is 2. The monoisotopic (exact) mass is 374 g/mol. The second-order valence-corrected chi connectivity index (χ2v) is 6.53. The van der Waals surface area contributed by atoms with Crippen LogP contribution < -0.4 is 10.9 Å². The molecule has 0 aliphatic heterocycles. The number of hydrazone groups is 1. The number of rotatable bonds is 5. The molecule has 2 N–H and O–H groups in total. The molecule has 0 aliphatic carbocycles. The van der Waals surface area contributed by atoms with Gasteiger partial charge in [0.15, 0.2) is 0 Å². The fourth-order valence-electron chi connectivity index (χ4n) is 2.78. The SMILES string of the molecule is Cc1ccc(C(=O)N/N=C\c2cc(C)n(NC(=O)c3ccccc3)c2C)cc1. The van der Waals surface area contributed by atoms with Crippen molar-refractivity contribution in [1.29, 1.82) is 0 Å². The zero-order valence-corrected chi connectivity index (χ0v) is 16.1. The van der Waals surface area contributed by atoms with Gasteiger partial charge in [-0.1, -0.05) is 35.9 Å². The van der Waals surface area contributed by atoms with Crippen LogP contribution in [0.2, 0.25) is 0 Å². The molecule has 0 unspecified atom stereocenters. The maximum absolute atomic E-state index is 12.4. The Kier molecular flexibility index (Phi) is 5.69. The van der Waals surface area contributed by atoms with Gasteiger partial charge in [0.25, 0.3) is 11.8 Å². The van der Waals surface area contributed by atoms with Crippen molar-refractivity contribution in [2.75, 3.05) is 5.43 Å². The fraction of sp³-hybridized carbons (Fsp3) is 0.136. The van der Waals surface area contributed by atoms with E-state index in [0.29, 0.717) is 11.1 Å². The summed E-state index contributed by atoms with van der Waals surface area (Å²) in [5.74, 6) is -0.471. The van der Waals surface area contributed by atoms with Gasteiger partial charge in [0.1, 0.15) is 0 Å². The molecule has 0 atom stereocenters. The first-order valence-corrected chi connectivity index (χ1v) is 8.91. The number of nitrogens with one attached hydrogen (secondary N) is 2. The van der Waals surface area contributed by atoms with E-state index in [-0.39, 0.29) is 11.8 Å². The first kappa shape index (κ1) is 19.1. The van der Waals surface area contributed by atoms with Crippen molar-refractivity contribution in [3.63, 3.8) is 0 Å². The normalized spacial score (nSPS) is 10.8. The Balaban J connectivity index is 1.69. The smallest absolute Gasteiger partial charge is 0.267 e. The van der Waals surface area contributed by atoms with Crippen LogP contribution in [0.1, 0.15) is 43.2 Å². The number of nitrogens with zero attached hydrogens (tertiary/aromatic N) is 2. The Labute approximate surface area is 163 Å². The number of hydrogen-bond donors (Lipinski definition) is 2. The van der Waals surface area contributed by atoms with Crippen molar-refractivity contribution in [2.45, 2.75) is 20.8 Å². The van der Waals surface area contributed by atoms with Crippen LogP contribution in [0, 0.1) is 20.8 Å². The van der Waals surface area contributed by atoms with Gasteiger partial charge in [0.05, 0.1) is 6.21 Å². The van der Waals surface area contributed by atoms with Gasteiger partial charge in [-0.25, -0.2) is 5.43 Å². The maximum atomic E-state index is 12.4. The van der Waals surface area contributed by atoms with Crippen molar-refractivity contribution < 1.29 is 9.59 Å². The zero-order valence-electron chi connectivity index (χ0n) is 16.1. The highest BCUT2D eigenvalue weighted by molar-refractivity contribution is 6.00. The molecule has 1 aromatic heterocycles. The molecule has 0 spiro atoms. The van der Waals surface area contributed by atoms with Crippen molar-refractivity contribution in [3.8, 4) is 0 Å². The molecule has 0 saturated carbocycles. The Bertz CT molecular complexity index is 1020. The minimum Gasteiger partial charge on any atom is -0.267 e. The van der Waals surface area contributed by atoms with E-state index < -0.39 is 0 Å². The Hall–Kier alpha value is -3.67. The summed E-state index contributed by atoms with van der Waals surface area (Å²) < 4.78 is 1.71. The number of aryl methyl sites for hydroxylation is 2. The van der Waals surface area contributed by atoms with Crippen molar-refractivity contribution in [1.82, 2.24) is 10.1 Å². The van der Waals surface area contributed by atoms with E-state index in [9.17, 15) is 9.59 Å². The lowest BCUT2D eigenvalue weighted by atomic mass is 10.1. The average Bonchev–Trinajstić information content (AvgIpc) is 2.96. The Morgan fingerprint density at radius 3 is 2.21 bits per heavy atom. The summed E-state index contributed by atoms with van der Waals surface area (Å²) in [6, 6.07) is 18.2. The molecular formula is C22H22N4O2. The molecule has 0 aliphatic rings. The number of aromatic nitrogens is 1. The molecule has 142 valence electrons. The average molecular weight is 374 g/mol. The van der Waals surface area contributed by atoms with Crippen LogP contribution in [-0.2, 0) is 0 Å². The number of hydrogen-bond acceptors (Lipinski definition) is 3. The highest BCUT2D eigenvalue weighted by Gasteiger charge is 2.12. The lowest BCUT2D eigenvalue weighted by Crippen LogP contribution is -2.24. The van der Waals surface area contributed by atoms with Crippen molar-refractivity contribution >= 4 is 18.0 Å². The van der Waals surface area contributed by atoms with Gasteiger partial charge in [0, 0.05) is 28.1 Å². The predicted octanol–water partition coefficient (Wildman–Crippen LogP) is 3.56. The summed E-state index contributed by atoms with van der Waals surface area (Å²) in [5.41, 5.74) is 10.1. The maximum Gasteiger partial charge on any atom is 0.271 e. The molecular weight excluding hydrogens is 352 g/mol. The third kappa shape index (κ3) is 4.35. The number of carbonyl (C=O) groups excluding carboxylic acids is 2. The van der Waals surface area contributed by atoms with Crippen LogP contribution >= 0.6 is 0 Å². The quantitative estimate of drug-likeness (QED) is 0.529. The highest BCUT2D eigenvalue weighted by atomic mass is 16.2. The summed E-state index contributed by atoms with van der Waals surface area (Å²) in [6.45, 7) is 5.73. The summed E-state index contributed by atoms with van der Waals surface area (Å²) in [7, 11) is 0. The first-order chi connectivity index (χ1) is 13.5. The predicted molar refractivity (Wildman–Crippen MR) is 110 cm³/mol. The van der Waals surface area contributed by atoms with E-state index in [0.717, 1.165) is 22.5 Å². The van der Waals surface area contributed by atoms with Gasteiger partial charge >= 0.3 is 0 Å². The van der Waals surface area contributed by atoms with E-state index >= 15 is 0 Å². The molecule has 0 fully saturated rings. The molecule has 0 bridgehead atoms. The second-order valence-electron chi connectivity index (χ2n) is 6.53. The molecule has 28 heavy (non-hydrogen) atoms. The number of carbonyl (C=O) groups is 2. The molecule has 1 heterocycles. The number of amides is 2. The zero-order chi connectivity index (χ0) is 20.1. The van der Waals surface area contributed by atoms with E-state index in [1.165, 1.54) is 0 Å². The minimum atomic E-state index is -0.276. The van der Waals surface area contributed by atoms with Crippen LogP contribution in [-0.4, -0.2) is 22.7 Å². The third-order valence-corrected chi connectivity index (χ3v) is 4.40. The van der Waals surface area contributed by atoms with Crippen LogP contribution in [0.5, 0.6) is 0 Å². The summed E-state index contributed by atoms with van der Waals surface area (Å²) in [5, 5.41) is 4.04. The molecule has 2 amide bonds. The topological polar surface area (TPSA) is 75.5 Å². The lowest BCUT2D eigenvalue weighted by molar-refractivity contribution is 0.0954. The fourth-order valence-corrected chi connectivity index (χ4v) is 2.78. The first-order valence-electron chi connectivity index (χ1n) is 8.91. The van der Waals surface area contributed by atoms with Crippen LogP contribution in [0.25, 0.3) is 0 Å². The molecule has 3 rings (SSSR count). The summed E-state index contributed by atoms with van der Waals surface area (Å²) in [6.07, 6.45) is 1.57. The molecule has 0 radical (unpaired) electrons. The van der Waals surface area contributed by atoms with Crippen LogP contribution in [0.15, 0.2) is 65.8 Å². The van der Waals surface area contributed by atoms with Gasteiger partial charge in [-0.05, 0) is 51.1 Å².